The fourth-order valence-corrected chi connectivity index (χ4v) is 1.59. The number of allylic oxidation sites excluding steroid dienone is 1. The van der Waals surface area contributed by atoms with Crippen molar-refractivity contribution in [3.63, 3.8) is 0 Å². The molecule has 14 heavy (non-hydrogen) atoms. The quantitative estimate of drug-likeness (QED) is 0.621. The highest BCUT2D eigenvalue weighted by Gasteiger charge is 2.18. The van der Waals surface area contributed by atoms with Gasteiger partial charge in [-0.3, -0.25) is 0 Å². The number of nitrogens with one attached hydrogen (secondary N) is 1. The fourth-order valence-electron chi connectivity index (χ4n) is 1.59. The maximum atomic E-state index is 11.0. The Balaban J connectivity index is 2.50. The zero-order valence-corrected chi connectivity index (χ0v) is 8.53. The van der Waals surface area contributed by atoms with Gasteiger partial charge in [0.25, 0.3) is 0 Å². The van der Waals surface area contributed by atoms with Crippen LogP contribution >= 0.6 is 0 Å². The van der Waals surface area contributed by atoms with Gasteiger partial charge in [-0.2, -0.15) is 0 Å². The minimum Gasteiger partial charge on any atom is -0.453 e. The summed E-state index contributed by atoms with van der Waals surface area (Å²) in [4.78, 5) is 11.0. The van der Waals surface area contributed by atoms with Gasteiger partial charge < -0.3 is 15.8 Å². The monoisotopic (exact) mass is 198 g/mol. The molecule has 4 nitrogen and oxygen atoms in total. The standard InChI is InChI=1S/C10H18N2O2/c1-14-10(13)12-9-7-5-3-2-4-6-8(9)11/h4,6,8-9H,2-3,5,7,11H2,1H3,(H,12,13)/b6-4+/t8-,9+/m0/s1. The van der Waals surface area contributed by atoms with E-state index in [2.05, 4.69) is 16.1 Å². The maximum Gasteiger partial charge on any atom is 0.407 e. The number of amides is 1. The number of nitrogens with two attached hydrogens (primary N) is 1. The third kappa shape index (κ3) is 3.38. The van der Waals surface area contributed by atoms with E-state index in [1.54, 1.807) is 0 Å². The molecule has 0 aromatic rings. The summed E-state index contributed by atoms with van der Waals surface area (Å²) in [5, 5.41) is 2.75. The Kier molecular flexibility index (Phi) is 4.46. The molecule has 0 heterocycles. The van der Waals surface area contributed by atoms with E-state index in [0.29, 0.717) is 0 Å². The van der Waals surface area contributed by atoms with Crippen LogP contribution in [0.4, 0.5) is 4.79 Å². The highest BCUT2D eigenvalue weighted by atomic mass is 16.5. The van der Waals surface area contributed by atoms with Crippen molar-refractivity contribution in [3.8, 4) is 0 Å². The summed E-state index contributed by atoms with van der Waals surface area (Å²) in [6.07, 6.45) is 7.88. The summed E-state index contributed by atoms with van der Waals surface area (Å²) in [6, 6.07) is -0.103. The Morgan fingerprint density at radius 2 is 2.36 bits per heavy atom. The van der Waals surface area contributed by atoms with Crippen molar-refractivity contribution in [1.29, 1.82) is 0 Å². The lowest BCUT2D eigenvalue weighted by atomic mass is 9.98. The van der Waals surface area contributed by atoms with Crippen molar-refractivity contribution in [3.05, 3.63) is 12.2 Å². The predicted molar refractivity (Wildman–Crippen MR) is 54.9 cm³/mol. The molecule has 3 N–H and O–H groups in total. The van der Waals surface area contributed by atoms with Gasteiger partial charge in [0.2, 0.25) is 0 Å². The molecule has 1 aliphatic carbocycles. The first-order valence-corrected chi connectivity index (χ1v) is 5.01. The molecule has 0 spiro atoms. The van der Waals surface area contributed by atoms with Gasteiger partial charge in [0, 0.05) is 6.04 Å². The van der Waals surface area contributed by atoms with E-state index in [1.165, 1.54) is 7.11 Å². The van der Waals surface area contributed by atoms with Crippen LogP contribution in [-0.4, -0.2) is 25.3 Å². The SMILES string of the molecule is COC(=O)N[C@@H]1CCCC/C=C/[C@@H]1N. The van der Waals surface area contributed by atoms with E-state index >= 15 is 0 Å². The molecule has 4 heteroatoms. The average molecular weight is 198 g/mol. The van der Waals surface area contributed by atoms with Crippen molar-refractivity contribution in [2.75, 3.05) is 7.11 Å². The molecule has 0 saturated heterocycles. The molecule has 2 atom stereocenters. The minimum absolute atomic E-state index is 0.000926. The number of alkyl carbamates (subject to hydrolysis) is 1. The van der Waals surface area contributed by atoms with Gasteiger partial charge in [-0.15, -0.1) is 0 Å². The molecule has 1 rings (SSSR count). The second-order valence-electron chi connectivity index (χ2n) is 3.53. The van der Waals surface area contributed by atoms with Crippen molar-refractivity contribution < 1.29 is 9.53 Å². The third-order valence-electron chi connectivity index (χ3n) is 2.45. The molecular formula is C10H18N2O2. The summed E-state index contributed by atoms with van der Waals surface area (Å²) >= 11 is 0. The van der Waals surface area contributed by atoms with Gasteiger partial charge in [-0.1, -0.05) is 18.6 Å². The Bertz CT molecular complexity index is 216. The fraction of sp³-hybridized carbons (Fsp3) is 0.700. The molecular weight excluding hydrogens is 180 g/mol. The second kappa shape index (κ2) is 5.65. The highest BCUT2D eigenvalue weighted by molar-refractivity contribution is 5.67. The van der Waals surface area contributed by atoms with Crippen LogP contribution in [0, 0.1) is 0 Å². The van der Waals surface area contributed by atoms with E-state index < -0.39 is 6.09 Å². The minimum atomic E-state index is -0.403. The molecule has 0 aliphatic heterocycles. The van der Waals surface area contributed by atoms with Gasteiger partial charge in [-0.25, -0.2) is 4.79 Å². The third-order valence-corrected chi connectivity index (χ3v) is 2.45. The van der Waals surface area contributed by atoms with Gasteiger partial charge in [0.15, 0.2) is 0 Å². The van der Waals surface area contributed by atoms with Crippen LogP contribution in [0.25, 0.3) is 0 Å². The van der Waals surface area contributed by atoms with Crippen LogP contribution in [0.2, 0.25) is 0 Å². The molecule has 0 unspecified atom stereocenters. The number of rotatable bonds is 1. The van der Waals surface area contributed by atoms with E-state index in [0.717, 1.165) is 25.7 Å². The first kappa shape index (κ1) is 11.0. The zero-order valence-electron chi connectivity index (χ0n) is 8.53. The number of ether oxygens (including phenoxy) is 1. The lowest BCUT2D eigenvalue weighted by Gasteiger charge is -2.23. The molecule has 0 bridgehead atoms. The van der Waals surface area contributed by atoms with E-state index in [1.807, 2.05) is 6.08 Å². The summed E-state index contributed by atoms with van der Waals surface area (Å²) < 4.78 is 4.54. The van der Waals surface area contributed by atoms with E-state index in [9.17, 15) is 4.79 Å². The van der Waals surface area contributed by atoms with Crippen molar-refractivity contribution in [2.45, 2.75) is 37.8 Å². The topological polar surface area (TPSA) is 64.3 Å². The Labute approximate surface area is 84.5 Å². The maximum absolute atomic E-state index is 11.0. The molecule has 0 fully saturated rings. The molecule has 0 saturated carbocycles. The predicted octanol–water partition coefficient (Wildman–Crippen LogP) is 1.17. The number of methoxy groups -OCH3 is 1. The number of carbonyl (C=O) groups excluding carboxylic acids is 1. The van der Waals surface area contributed by atoms with Gasteiger partial charge >= 0.3 is 6.09 Å². The zero-order chi connectivity index (χ0) is 10.4. The smallest absolute Gasteiger partial charge is 0.407 e. The molecule has 0 aromatic carbocycles. The first-order valence-electron chi connectivity index (χ1n) is 5.01. The summed E-state index contributed by atoms with van der Waals surface area (Å²) in [5.74, 6) is 0. The summed E-state index contributed by atoms with van der Waals surface area (Å²) in [7, 11) is 1.36. The van der Waals surface area contributed by atoms with Gasteiger partial charge in [0.05, 0.1) is 13.2 Å². The van der Waals surface area contributed by atoms with Crippen LogP contribution < -0.4 is 11.1 Å². The van der Waals surface area contributed by atoms with Crippen LogP contribution in [0.15, 0.2) is 12.2 Å². The van der Waals surface area contributed by atoms with Crippen molar-refractivity contribution >= 4 is 6.09 Å². The van der Waals surface area contributed by atoms with E-state index in [-0.39, 0.29) is 12.1 Å². The van der Waals surface area contributed by atoms with Crippen LogP contribution in [0.5, 0.6) is 0 Å². The lowest BCUT2D eigenvalue weighted by molar-refractivity contribution is 0.164. The Hall–Kier alpha value is -1.03. The van der Waals surface area contributed by atoms with Crippen LogP contribution in [0.1, 0.15) is 25.7 Å². The number of carbonyl (C=O) groups is 1. The Morgan fingerprint density at radius 3 is 3.07 bits per heavy atom. The second-order valence-corrected chi connectivity index (χ2v) is 3.53. The van der Waals surface area contributed by atoms with Crippen LogP contribution in [-0.2, 0) is 4.74 Å². The van der Waals surface area contributed by atoms with Crippen molar-refractivity contribution in [1.82, 2.24) is 5.32 Å². The summed E-state index contributed by atoms with van der Waals surface area (Å²) in [6.45, 7) is 0. The molecule has 0 radical (unpaired) electrons. The number of hydrogen-bond donors (Lipinski definition) is 2. The Morgan fingerprint density at radius 1 is 1.57 bits per heavy atom. The molecule has 0 aromatic heterocycles. The van der Waals surface area contributed by atoms with Crippen LogP contribution in [0.3, 0.4) is 0 Å². The number of hydrogen-bond acceptors (Lipinski definition) is 3. The largest absolute Gasteiger partial charge is 0.453 e. The van der Waals surface area contributed by atoms with Gasteiger partial charge in [-0.05, 0) is 19.3 Å². The lowest BCUT2D eigenvalue weighted by Crippen LogP contribution is -2.46. The van der Waals surface area contributed by atoms with Crippen molar-refractivity contribution in [2.24, 2.45) is 5.73 Å². The average Bonchev–Trinajstić information content (AvgIpc) is 2.17. The summed E-state index contributed by atoms with van der Waals surface area (Å²) in [5.41, 5.74) is 5.89. The first-order chi connectivity index (χ1) is 6.74. The van der Waals surface area contributed by atoms with Gasteiger partial charge in [0.1, 0.15) is 0 Å². The normalized spacial score (nSPS) is 29.9. The van der Waals surface area contributed by atoms with E-state index in [4.69, 9.17) is 5.73 Å². The highest BCUT2D eigenvalue weighted by Crippen LogP contribution is 2.11. The molecule has 1 amide bonds. The molecule has 80 valence electrons. The molecule has 1 aliphatic rings.